The van der Waals surface area contributed by atoms with Gasteiger partial charge < -0.3 is 4.90 Å². The van der Waals surface area contributed by atoms with Crippen molar-refractivity contribution in [2.45, 2.75) is 13.3 Å². The van der Waals surface area contributed by atoms with Gasteiger partial charge in [0.15, 0.2) is 0 Å². The van der Waals surface area contributed by atoms with Gasteiger partial charge in [0.25, 0.3) is 0 Å². The molecule has 1 atom stereocenters. The summed E-state index contributed by atoms with van der Waals surface area (Å²) in [5, 5.41) is 0. The molecule has 0 spiro atoms. The number of carbonyl (C=O) groups is 1. The van der Waals surface area contributed by atoms with E-state index in [0.717, 1.165) is 5.69 Å². The van der Waals surface area contributed by atoms with E-state index in [-0.39, 0.29) is 24.0 Å². The second kappa shape index (κ2) is 5.38. The van der Waals surface area contributed by atoms with Crippen LogP contribution in [0.1, 0.15) is 12.1 Å². The Hall–Kier alpha value is -0.660. The lowest BCUT2D eigenvalue weighted by atomic mass is 10.1. The summed E-state index contributed by atoms with van der Waals surface area (Å²) in [6, 6.07) is 3.54. The third-order valence-corrected chi connectivity index (χ3v) is 4.64. The van der Waals surface area contributed by atoms with Crippen LogP contribution in [-0.2, 0) is 13.8 Å². The van der Waals surface area contributed by atoms with Crippen LogP contribution >= 0.6 is 26.6 Å². The van der Waals surface area contributed by atoms with E-state index < -0.39 is 9.05 Å². The summed E-state index contributed by atoms with van der Waals surface area (Å²) in [5.41, 5.74) is 1.43. The highest BCUT2D eigenvalue weighted by Gasteiger charge is 2.33. The van der Waals surface area contributed by atoms with Gasteiger partial charge in [0, 0.05) is 29.6 Å². The van der Waals surface area contributed by atoms with Crippen molar-refractivity contribution >= 4 is 47.3 Å². The summed E-state index contributed by atoms with van der Waals surface area (Å²) >= 11 is 3.26. The Morgan fingerprint density at radius 2 is 2.21 bits per heavy atom. The molecule has 8 heteroatoms. The lowest BCUT2D eigenvalue weighted by Gasteiger charge is -2.18. The molecule has 19 heavy (non-hydrogen) atoms. The number of aromatic nitrogens is 1. The van der Waals surface area contributed by atoms with Crippen LogP contribution in [0.4, 0.5) is 5.69 Å². The number of rotatable bonds is 3. The van der Waals surface area contributed by atoms with Gasteiger partial charge in [0.05, 0.1) is 17.1 Å². The quantitative estimate of drug-likeness (QED) is 0.606. The third kappa shape index (κ3) is 3.67. The SMILES string of the molecule is Cc1nc(Br)ccc1N1CC(CS(=O)(=O)Cl)CC1=O. The number of pyridine rings is 1. The Balaban J connectivity index is 2.20. The molecule has 0 aromatic carbocycles. The van der Waals surface area contributed by atoms with Crippen molar-refractivity contribution in [2.75, 3.05) is 17.2 Å². The highest BCUT2D eigenvalue weighted by Crippen LogP contribution is 2.29. The van der Waals surface area contributed by atoms with Crippen molar-refractivity contribution in [3.05, 3.63) is 22.4 Å². The second-order valence-electron chi connectivity index (χ2n) is 4.52. The number of anilines is 1. The molecule has 0 N–H and O–H groups in total. The highest BCUT2D eigenvalue weighted by molar-refractivity contribution is 9.10. The van der Waals surface area contributed by atoms with E-state index in [1.165, 1.54) is 0 Å². The smallest absolute Gasteiger partial charge is 0.232 e. The second-order valence-corrected chi connectivity index (χ2v) is 8.15. The molecule has 0 bridgehead atoms. The van der Waals surface area contributed by atoms with Gasteiger partial charge in [-0.3, -0.25) is 4.79 Å². The Kier molecular flexibility index (Phi) is 4.17. The van der Waals surface area contributed by atoms with Crippen LogP contribution in [0.2, 0.25) is 0 Å². The van der Waals surface area contributed by atoms with E-state index in [4.69, 9.17) is 10.7 Å². The number of nitrogens with zero attached hydrogens (tertiary/aromatic N) is 2. The summed E-state index contributed by atoms with van der Waals surface area (Å²) in [6.45, 7) is 2.16. The molecule has 104 valence electrons. The molecule has 0 radical (unpaired) electrons. The standard InChI is InChI=1S/C11H12BrClN2O3S/c1-7-9(2-3-10(12)14-7)15-5-8(4-11(15)16)6-19(13,17)18/h2-3,8H,4-6H2,1H3. The lowest BCUT2D eigenvalue weighted by molar-refractivity contribution is -0.117. The van der Waals surface area contributed by atoms with Gasteiger partial charge in [-0.05, 0) is 35.0 Å². The summed E-state index contributed by atoms with van der Waals surface area (Å²) < 4.78 is 22.8. The van der Waals surface area contributed by atoms with Crippen molar-refractivity contribution < 1.29 is 13.2 Å². The number of hydrogen-bond acceptors (Lipinski definition) is 4. The average Bonchev–Trinajstić information content (AvgIpc) is 2.56. The Bertz CT molecular complexity index is 620. The van der Waals surface area contributed by atoms with E-state index in [0.29, 0.717) is 16.8 Å². The van der Waals surface area contributed by atoms with Crippen molar-refractivity contribution in [3.8, 4) is 0 Å². The van der Waals surface area contributed by atoms with Gasteiger partial charge in [-0.1, -0.05) is 0 Å². The van der Waals surface area contributed by atoms with Crippen molar-refractivity contribution in [1.29, 1.82) is 0 Å². The molecule has 1 aliphatic rings. The molecule has 1 amide bonds. The molecule has 1 aliphatic heterocycles. The molecule has 0 aliphatic carbocycles. The summed E-state index contributed by atoms with van der Waals surface area (Å²) in [7, 11) is 1.65. The van der Waals surface area contributed by atoms with Crippen molar-refractivity contribution in [2.24, 2.45) is 5.92 Å². The number of aryl methyl sites for hydroxylation is 1. The van der Waals surface area contributed by atoms with Crippen LogP contribution in [-0.4, -0.2) is 31.6 Å². The predicted octanol–water partition coefficient (Wildman–Crippen LogP) is 2.07. The molecule has 5 nitrogen and oxygen atoms in total. The van der Waals surface area contributed by atoms with Crippen LogP contribution in [0.15, 0.2) is 16.7 Å². The Labute approximate surface area is 124 Å². The molecule has 2 rings (SSSR count). The third-order valence-electron chi connectivity index (χ3n) is 2.95. The van der Waals surface area contributed by atoms with Gasteiger partial charge >= 0.3 is 0 Å². The largest absolute Gasteiger partial charge is 0.310 e. The van der Waals surface area contributed by atoms with Crippen LogP contribution in [0.25, 0.3) is 0 Å². The molecule has 1 unspecified atom stereocenters. The van der Waals surface area contributed by atoms with E-state index in [1.807, 2.05) is 0 Å². The zero-order valence-corrected chi connectivity index (χ0v) is 13.3. The number of hydrogen-bond donors (Lipinski definition) is 0. The maximum atomic E-state index is 12.0. The Morgan fingerprint density at radius 1 is 1.53 bits per heavy atom. The first-order valence-corrected chi connectivity index (χ1v) is 8.89. The van der Waals surface area contributed by atoms with Gasteiger partial charge in [0.2, 0.25) is 15.0 Å². The average molecular weight is 368 g/mol. The summed E-state index contributed by atoms with van der Waals surface area (Å²) in [5.74, 6) is -0.546. The van der Waals surface area contributed by atoms with E-state index in [2.05, 4.69) is 20.9 Å². The molecule has 1 saturated heterocycles. The van der Waals surface area contributed by atoms with Gasteiger partial charge in [-0.2, -0.15) is 0 Å². The number of amides is 1. The van der Waals surface area contributed by atoms with E-state index >= 15 is 0 Å². The number of halogens is 2. The zero-order valence-electron chi connectivity index (χ0n) is 10.1. The van der Waals surface area contributed by atoms with Crippen molar-refractivity contribution in [3.63, 3.8) is 0 Å². The topological polar surface area (TPSA) is 67.3 Å². The van der Waals surface area contributed by atoms with Crippen LogP contribution in [0.5, 0.6) is 0 Å². The minimum Gasteiger partial charge on any atom is -0.310 e. The maximum Gasteiger partial charge on any atom is 0.232 e. The minimum atomic E-state index is -3.58. The monoisotopic (exact) mass is 366 g/mol. The Morgan fingerprint density at radius 3 is 2.79 bits per heavy atom. The van der Waals surface area contributed by atoms with Gasteiger partial charge in [0.1, 0.15) is 4.60 Å². The van der Waals surface area contributed by atoms with Gasteiger partial charge in [-0.15, -0.1) is 0 Å². The summed E-state index contributed by atoms with van der Waals surface area (Å²) in [6.07, 6.45) is 0.196. The van der Waals surface area contributed by atoms with Gasteiger partial charge in [-0.25, -0.2) is 13.4 Å². The van der Waals surface area contributed by atoms with Crippen LogP contribution in [0, 0.1) is 12.8 Å². The maximum absolute atomic E-state index is 12.0. The molecule has 1 aromatic rings. The van der Waals surface area contributed by atoms with Crippen LogP contribution < -0.4 is 4.90 Å². The molecule has 1 aromatic heterocycles. The molecule has 2 heterocycles. The lowest BCUT2D eigenvalue weighted by Crippen LogP contribution is -2.26. The molecule has 1 fully saturated rings. The predicted molar refractivity (Wildman–Crippen MR) is 76.8 cm³/mol. The van der Waals surface area contributed by atoms with Crippen molar-refractivity contribution in [1.82, 2.24) is 4.98 Å². The molecule has 0 saturated carbocycles. The summed E-state index contributed by atoms with van der Waals surface area (Å²) in [4.78, 5) is 17.8. The number of carbonyl (C=O) groups excluding carboxylic acids is 1. The minimum absolute atomic E-state index is 0.0995. The fourth-order valence-corrected chi connectivity index (χ4v) is 3.93. The van der Waals surface area contributed by atoms with Crippen LogP contribution in [0.3, 0.4) is 0 Å². The van der Waals surface area contributed by atoms with E-state index in [1.54, 1.807) is 24.0 Å². The highest BCUT2D eigenvalue weighted by atomic mass is 79.9. The molecular weight excluding hydrogens is 356 g/mol. The fourth-order valence-electron chi connectivity index (χ4n) is 2.22. The first-order chi connectivity index (χ1) is 8.76. The molecular formula is C11H12BrClN2O3S. The normalized spacial score (nSPS) is 20.1. The first kappa shape index (κ1) is 14.7. The van der Waals surface area contributed by atoms with E-state index in [9.17, 15) is 13.2 Å². The first-order valence-electron chi connectivity index (χ1n) is 5.62. The zero-order chi connectivity index (χ0) is 14.2. The fraction of sp³-hybridized carbons (Fsp3) is 0.455.